The summed E-state index contributed by atoms with van der Waals surface area (Å²) >= 11 is 12.8. The number of ether oxygens (including phenoxy) is 1. The first-order valence-electron chi connectivity index (χ1n) is 10.1. The number of aromatic nitrogens is 2. The van der Waals surface area contributed by atoms with Crippen molar-refractivity contribution in [2.24, 2.45) is 5.92 Å². The lowest BCUT2D eigenvalue weighted by atomic mass is 9.88. The Hall–Kier alpha value is -2.75. The number of benzene rings is 1. The van der Waals surface area contributed by atoms with Crippen molar-refractivity contribution in [3.63, 3.8) is 0 Å². The highest BCUT2D eigenvalue weighted by atomic mass is 35.5. The van der Waals surface area contributed by atoms with Crippen LogP contribution < -0.4 is 16.0 Å². The molecule has 166 valence electrons. The molecule has 1 atom stereocenters. The lowest BCUT2D eigenvalue weighted by Gasteiger charge is -2.18. The quantitative estimate of drug-likeness (QED) is 0.314. The normalized spacial score (nSPS) is 14.9. The predicted octanol–water partition coefficient (Wildman–Crippen LogP) is 5.66. The largest absolute Gasteiger partial charge is 0.465 e. The van der Waals surface area contributed by atoms with Gasteiger partial charge in [-0.25, -0.2) is 4.79 Å². The van der Waals surface area contributed by atoms with E-state index in [-0.39, 0.29) is 5.97 Å². The van der Waals surface area contributed by atoms with E-state index in [1.165, 1.54) is 12.0 Å². The van der Waals surface area contributed by atoms with Crippen LogP contribution in [0.5, 0.6) is 0 Å². The number of fused-ring (bicyclic) bond motifs is 1. The Morgan fingerprint density at radius 2 is 1.91 bits per heavy atom. The number of halogens is 1. The predicted molar refractivity (Wildman–Crippen MR) is 133 cm³/mol. The van der Waals surface area contributed by atoms with Crippen LogP contribution in [0.2, 0.25) is 5.15 Å². The molecule has 10 heteroatoms. The Balaban J connectivity index is 1.43. The summed E-state index contributed by atoms with van der Waals surface area (Å²) in [6.07, 6.45) is 2.92. The molecule has 2 aromatic heterocycles. The lowest BCUT2D eigenvalue weighted by molar-refractivity contribution is 0.0601. The van der Waals surface area contributed by atoms with E-state index in [0.717, 1.165) is 41.2 Å². The second kappa shape index (κ2) is 9.81. The van der Waals surface area contributed by atoms with Crippen molar-refractivity contribution in [2.45, 2.75) is 26.2 Å². The van der Waals surface area contributed by atoms with E-state index < -0.39 is 0 Å². The zero-order valence-corrected chi connectivity index (χ0v) is 20.0. The second-order valence-electron chi connectivity index (χ2n) is 7.57. The van der Waals surface area contributed by atoms with Crippen LogP contribution in [0, 0.1) is 5.92 Å². The first-order valence-corrected chi connectivity index (χ1v) is 11.7. The molecular formula is C22H22ClN5O2S2. The minimum atomic E-state index is -0.330. The zero-order chi connectivity index (χ0) is 22.7. The average Bonchev–Trinajstić information content (AvgIpc) is 3.12. The summed E-state index contributed by atoms with van der Waals surface area (Å²) in [6.45, 7) is 2.23. The van der Waals surface area contributed by atoms with Crippen LogP contribution in [0.25, 0.3) is 0 Å². The van der Waals surface area contributed by atoms with Gasteiger partial charge in [0.1, 0.15) is 5.00 Å². The van der Waals surface area contributed by atoms with E-state index in [9.17, 15) is 4.79 Å². The third kappa shape index (κ3) is 5.17. The van der Waals surface area contributed by atoms with Gasteiger partial charge in [-0.2, -0.15) is 0 Å². The van der Waals surface area contributed by atoms with Crippen LogP contribution in [0.3, 0.4) is 0 Å². The van der Waals surface area contributed by atoms with Crippen molar-refractivity contribution in [1.29, 1.82) is 0 Å². The third-order valence-corrected chi connectivity index (χ3v) is 6.75. The number of carbonyl (C=O) groups excluding carboxylic acids is 1. The fourth-order valence-corrected chi connectivity index (χ4v) is 5.38. The number of thiophene rings is 1. The molecule has 0 saturated carbocycles. The Bertz CT molecular complexity index is 1130. The topological polar surface area (TPSA) is 88.2 Å². The van der Waals surface area contributed by atoms with E-state index in [1.54, 1.807) is 23.5 Å². The van der Waals surface area contributed by atoms with Gasteiger partial charge in [0, 0.05) is 16.3 Å². The number of nitrogens with zero attached hydrogens (tertiary/aromatic N) is 2. The molecule has 0 radical (unpaired) electrons. The van der Waals surface area contributed by atoms with Crippen LogP contribution in [-0.4, -0.2) is 28.4 Å². The monoisotopic (exact) mass is 487 g/mol. The van der Waals surface area contributed by atoms with Gasteiger partial charge in [0.2, 0.25) is 0 Å². The van der Waals surface area contributed by atoms with Crippen molar-refractivity contribution in [3.8, 4) is 0 Å². The maximum Gasteiger partial charge on any atom is 0.341 e. The molecule has 1 aliphatic rings. The Morgan fingerprint density at radius 3 is 2.59 bits per heavy atom. The summed E-state index contributed by atoms with van der Waals surface area (Å²) in [4.78, 5) is 13.7. The van der Waals surface area contributed by atoms with Crippen LogP contribution >= 0.6 is 35.2 Å². The van der Waals surface area contributed by atoms with Crippen LogP contribution in [0.1, 0.15) is 34.1 Å². The number of hydrogen-bond donors (Lipinski definition) is 3. The first-order chi connectivity index (χ1) is 15.4. The van der Waals surface area contributed by atoms with Gasteiger partial charge >= 0.3 is 5.97 Å². The zero-order valence-electron chi connectivity index (χ0n) is 17.6. The standard InChI is InChI=1S/C22H22ClN5O2S2/c1-12-3-8-15-16(11-12)32-20(19(15)21(29)30-2)26-22(31)25-14-6-4-13(5-7-14)24-18-10-9-17(23)27-28-18/h4-7,9-10,12H,3,8,11H2,1-2H3,(H,24,28)(H2,25,26,31). The Labute approximate surface area is 200 Å². The van der Waals surface area contributed by atoms with Gasteiger partial charge in [0.05, 0.1) is 12.7 Å². The average molecular weight is 488 g/mol. The number of methoxy groups -OCH3 is 1. The molecule has 0 saturated heterocycles. The molecule has 7 nitrogen and oxygen atoms in total. The van der Waals surface area contributed by atoms with Gasteiger partial charge < -0.3 is 20.7 Å². The molecule has 1 aromatic carbocycles. The summed E-state index contributed by atoms with van der Waals surface area (Å²) < 4.78 is 5.04. The summed E-state index contributed by atoms with van der Waals surface area (Å²) in [5.74, 6) is 0.872. The maximum absolute atomic E-state index is 12.5. The SMILES string of the molecule is COC(=O)c1c(NC(=S)Nc2ccc(Nc3ccc(Cl)nn3)cc2)sc2c1CCC(C)C2. The molecule has 3 N–H and O–H groups in total. The number of hydrogen-bond acceptors (Lipinski definition) is 7. The summed E-state index contributed by atoms with van der Waals surface area (Å²) in [5.41, 5.74) is 3.35. The van der Waals surface area contributed by atoms with Crippen LogP contribution in [0.15, 0.2) is 36.4 Å². The lowest BCUT2D eigenvalue weighted by Crippen LogP contribution is -2.20. The fraction of sp³-hybridized carbons (Fsp3) is 0.273. The van der Waals surface area contributed by atoms with Gasteiger partial charge in [-0.05, 0) is 79.4 Å². The molecule has 0 aliphatic heterocycles. The van der Waals surface area contributed by atoms with Crippen LogP contribution in [-0.2, 0) is 17.6 Å². The molecule has 0 amide bonds. The van der Waals surface area contributed by atoms with Gasteiger partial charge in [0.15, 0.2) is 16.1 Å². The maximum atomic E-state index is 12.5. The molecule has 0 bridgehead atoms. The van der Waals surface area contributed by atoms with Gasteiger partial charge in [-0.1, -0.05) is 18.5 Å². The minimum absolute atomic E-state index is 0.330. The van der Waals surface area contributed by atoms with Gasteiger partial charge in [0.25, 0.3) is 0 Å². The van der Waals surface area contributed by atoms with Gasteiger partial charge in [-0.3, -0.25) is 0 Å². The number of nitrogens with one attached hydrogen (secondary N) is 3. The smallest absolute Gasteiger partial charge is 0.341 e. The minimum Gasteiger partial charge on any atom is -0.465 e. The molecule has 1 aliphatic carbocycles. The van der Waals surface area contributed by atoms with E-state index >= 15 is 0 Å². The van der Waals surface area contributed by atoms with Crippen molar-refractivity contribution in [1.82, 2.24) is 10.2 Å². The Morgan fingerprint density at radius 1 is 1.16 bits per heavy atom. The summed E-state index contributed by atoms with van der Waals surface area (Å²) in [6, 6.07) is 11.0. The highest BCUT2D eigenvalue weighted by Crippen LogP contribution is 2.40. The number of thiocarbonyl (C=S) groups is 1. The molecule has 32 heavy (non-hydrogen) atoms. The second-order valence-corrected chi connectivity index (χ2v) is 9.47. The molecule has 2 heterocycles. The molecular weight excluding hydrogens is 466 g/mol. The number of carbonyl (C=O) groups is 1. The highest BCUT2D eigenvalue weighted by Gasteiger charge is 2.28. The summed E-state index contributed by atoms with van der Waals surface area (Å²) in [5, 5.41) is 18.8. The van der Waals surface area contributed by atoms with E-state index in [2.05, 4.69) is 33.1 Å². The van der Waals surface area contributed by atoms with Gasteiger partial charge in [-0.15, -0.1) is 21.5 Å². The molecule has 1 unspecified atom stereocenters. The Kier molecular flexibility index (Phi) is 6.88. The summed E-state index contributed by atoms with van der Waals surface area (Å²) in [7, 11) is 1.41. The van der Waals surface area contributed by atoms with Crippen molar-refractivity contribution >= 4 is 68.4 Å². The first kappa shape index (κ1) is 22.4. The van der Waals surface area contributed by atoms with Crippen molar-refractivity contribution in [3.05, 3.63) is 57.6 Å². The molecule has 4 rings (SSSR count). The van der Waals surface area contributed by atoms with E-state index in [4.69, 9.17) is 28.6 Å². The third-order valence-electron chi connectivity index (χ3n) is 5.18. The number of anilines is 4. The molecule has 3 aromatic rings. The highest BCUT2D eigenvalue weighted by molar-refractivity contribution is 7.80. The van der Waals surface area contributed by atoms with E-state index in [0.29, 0.717) is 27.6 Å². The molecule has 0 fully saturated rings. The van der Waals surface area contributed by atoms with E-state index in [1.807, 2.05) is 24.3 Å². The van der Waals surface area contributed by atoms with Crippen molar-refractivity contribution in [2.75, 3.05) is 23.1 Å². The fourth-order valence-electron chi connectivity index (χ4n) is 3.59. The number of rotatable bonds is 5. The van der Waals surface area contributed by atoms with Crippen molar-refractivity contribution < 1.29 is 9.53 Å². The van der Waals surface area contributed by atoms with Crippen LogP contribution in [0.4, 0.5) is 22.2 Å². The molecule has 0 spiro atoms. The number of esters is 1.